The summed E-state index contributed by atoms with van der Waals surface area (Å²) in [5.41, 5.74) is 0.721. The molecule has 8 heteroatoms. The van der Waals surface area contributed by atoms with Gasteiger partial charge in [-0.2, -0.15) is 0 Å². The van der Waals surface area contributed by atoms with Crippen LogP contribution in [0.15, 0.2) is 4.40 Å². The van der Waals surface area contributed by atoms with E-state index in [4.69, 9.17) is 11.6 Å². The van der Waals surface area contributed by atoms with Gasteiger partial charge in [0.15, 0.2) is 0 Å². The predicted octanol–water partition coefficient (Wildman–Crippen LogP) is -0.640. The molecule has 74 valence electrons. The van der Waals surface area contributed by atoms with Gasteiger partial charge in [-0.1, -0.05) is 0 Å². The van der Waals surface area contributed by atoms with Crippen LogP contribution in [0.1, 0.15) is 0 Å². The normalized spacial score (nSPS) is 15.5. The van der Waals surface area contributed by atoms with E-state index in [9.17, 15) is 0 Å². The molecule has 0 N–H and O–H groups in total. The monoisotopic (exact) mass is 377 g/mol. The molecular formula is C6H4ClN3S2Se2. The van der Waals surface area contributed by atoms with Crippen LogP contribution in [0.5, 0.6) is 0 Å². The van der Waals surface area contributed by atoms with Gasteiger partial charge in [-0.05, 0) is 0 Å². The Kier molecular flexibility index (Phi) is 3.49. The van der Waals surface area contributed by atoms with Gasteiger partial charge in [0, 0.05) is 0 Å². The Balaban J connectivity index is 2.87. The Morgan fingerprint density at radius 3 is 3.07 bits per heavy atom. The Morgan fingerprint density at radius 1 is 1.71 bits per heavy atom. The van der Waals surface area contributed by atoms with Gasteiger partial charge in [-0.25, -0.2) is 0 Å². The molecule has 1 aromatic rings. The van der Waals surface area contributed by atoms with Crippen molar-refractivity contribution in [1.82, 2.24) is 9.29 Å². The predicted molar refractivity (Wildman–Crippen MR) is 65.1 cm³/mol. The second-order valence-corrected chi connectivity index (χ2v) is 7.30. The van der Waals surface area contributed by atoms with Crippen LogP contribution in [0.25, 0.3) is 0 Å². The van der Waals surface area contributed by atoms with Crippen LogP contribution in [-0.4, -0.2) is 34.4 Å². The Morgan fingerprint density at radius 2 is 2.43 bits per heavy atom. The van der Waals surface area contributed by atoms with Crippen molar-refractivity contribution in [3.8, 4) is 0 Å². The van der Waals surface area contributed by atoms with E-state index in [0.717, 1.165) is 25.3 Å². The van der Waals surface area contributed by atoms with Crippen molar-refractivity contribution in [3.63, 3.8) is 0 Å². The second-order valence-electron chi connectivity index (χ2n) is 2.53. The molecule has 0 saturated carbocycles. The first-order chi connectivity index (χ1) is 6.66. The second kappa shape index (κ2) is 4.34. The van der Waals surface area contributed by atoms with Crippen LogP contribution in [-0.2, 0) is 7.05 Å². The zero-order valence-electron chi connectivity index (χ0n) is 6.89. The van der Waals surface area contributed by atoms with Crippen molar-refractivity contribution in [1.29, 1.82) is 0 Å². The van der Waals surface area contributed by atoms with E-state index in [-0.39, 0.29) is 13.8 Å². The molecule has 0 aliphatic carbocycles. The molecule has 0 bridgehead atoms. The zero-order valence-corrected chi connectivity index (χ0v) is 12.8. The molecular weight excluding hydrogens is 372 g/mol. The van der Waals surface area contributed by atoms with Gasteiger partial charge in [0.25, 0.3) is 0 Å². The molecule has 0 unspecified atom stereocenters. The third kappa shape index (κ3) is 1.65. The number of rotatable bonds is 0. The first-order valence-corrected chi connectivity index (χ1v) is 8.78. The molecule has 2 heterocycles. The van der Waals surface area contributed by atoms with Crippen LogP contribution in [0, 0.1) is 0 Å². The van der Waals surface area contributed by atoms with Crippen LogP contribution in [0.2, 0.25) is 5.02 Å². The van der Waals surface area contributed by atoms with Gasteiger partial charge < -0.3 is 0 Å². The fourth-order valence-electron chi connectivity index (χ4n) is 1.08. The summed E-state index contributed by atoms with van der Waals surface area (Å²) in [6, 6.07) is 0. The van der Waals surface area contributed by atoms with Crippen molar-refractivity contribution in [2.24, 2.45) is 11.4 Å². The minimum absolute atomic E-state index is 0.276. The van der Waals surface area contributed by atoms with Crippen molar-refractivity contribution in [3.05, 3.63) is 10.5 Å². The molecule has 1 aliphatic rings. The van der Waals surface area contributed by atoms with Gasteiger partial charge in [-0.15, -0.1) is 0 Å². The number of fused-ring (bicyclic) bond motifs is 1. The molecule has 0 saturated heterocycles. The molecule has 0 aromatic carbocycles. The number of pyridine rings is 1. The van der Waals surface area contributed by atoms with Gasteiger partial charge in [0.2, 0.25) is 0 Å². The molecule has 0 amide bonds. The quantitative estimate of drug-likeness (QED) is 0.365. The zero-order chi connectivity index (χ0) is 10.3. The van der Waals surface area contributed by atoms with E-state index in [2.05, 4.69) is 37.9 Å². The molecule has 0 fully saturated rings. The number of thiol groups is 1. The summed E-state index contributed by atoms with van der Waals surface area (Å²) in [6.45, 7) is 0. The van der Waals surface area contributed by atoms with Gasteiger partial charge in [0.05, 0.1) is 0 Å². The summed E-state index contributed by atoms with van der Waals surface area (Å²) in [4.78, 5) is 0. The third-order valence-corrected chi connectivity index (χ3v) is 6.95. The number of hydrogen-bond acceptors (Lipinski definition) is 3. The van der Waals surface area contributed by atoms with E-state index >= 15 is 0 Å². The number of aromatic nitrogens is 1. The fraction of sp³-hybridized carbons (Fsp3) is 0.167. The van der Waals surface area contributed by atoms with Gasteiger partial charge in [-0.3, -0.25) is 0 Å². The summed E-state index contributed by atoms with van der Waals surface area (Å²) in [6.07, 6.45) is 0. The van der Waals surface area contributed by atoms with Crippen LogP contribution in [0.4, 0.5) is 5.82 Å². The third-order valence-electron chi connectivity index (χ3n) is 1.78. The first-order valence-electron chi connectivity index (χ1n) is 3.49. The minimum atomic E-state index is 0.276. The molecule has 2 radical (unpaired) electrons. The Bertz CT molecular complexity index is 459. The summed E-state index contributed by atoms with van der Waals surface area (Å²) in [7, 11) is 3.47. The molecule has 0 atom stereocenters. The number of nitrogens with zero attached hydrogens (tertiary/aromatic N) is 3. The van der Waals surface area contributed by atoms with Crippen LogP contribution >= 0.6 is 34.8 Å². The van der Waals surface area contributed by atoms with E-state index in [1.807, 2.05) is 11.6 Å². The van der Waals surface area contributed by atoms with E-state index in [0.29, 0.717) is 0 Å². The van der Waals surface area contributed by atoms with E-state index in [1.54, 1.807) is 10.4 Å². The summed E-state index contributed by atoms with van der Waals surface area (Å²) in [5.74, 6) is 0.909. The summed E-state index contributed by atoms with van der Waals surface area (Å²) in [5, 5.41) is 0.736. The van der Waals surface area contributed by atoms with E-state index in [1.165, 1.54) is 0 Å². The van der Waals surface area contributed by atoms with Crippen LogP contribution in [0.3, 0.4) is 0 Å². The number of halogens is 1. The van der Waals surface area contributed by atoms with Crippen LogP contribution < -0.4 is 19.1 Å². The molecule has 2 rings (SSSR count). The molecule has 1 aliphatic heterocycles. The van der Waals surface area contributed by atoms with Gasteiger partial charge >= 0.3 is 111 Å². The van der Waals surface area contributed by atoms with Gasteiger partial charge in [0.1, 0.15) is 0 Å². The SMILES string of the molecule is Cn1c2c(c(Cl)c([Se])c1=NS)[Se]S[N]2. The average Bonchev–Trinajstić information content (AvgIpc) is 2.64. The average molecular weight is 376 g/mol. The van der Waals surface area contributed by atoms with Crippen molar-refractivity contribution in [2.75, 3.05) is 0 Å². The fourth-order valence-corrected chi connectivity index (χ4v) is 6.40. The Labute approximate surface area is 110 Å². The standard InChI is InChI=1S/C6H4ClN3S2Se2/c1-10-5(8-11)3(13)2(7)4-6(10)9-12-14-4/h11H,1H3. The first kappa shape index (κ1) is 11.3. The van der Waals surface area contributed by atoms with Crippen molar-refractivity contribution in [2.45, 2.75) is 0 Å². The summed E-state index contributed by atoms with van der Waals surface area (Å²) < 4.78 is 12.1. The van der Waals surface area contributed by atoms with Crippen molar-refractivity contribution >= 4 is 79.4 Å². The Hall–Kier alpha value is 0.779. The summed E-state index contributed by atoms with van der Waals surface area (Å²) >= 11 is 13.3. The molecule has 14 heavy (non-hydrogen) atoms. The molecule has 0 spiro atoms. The molecule has 1 aromatic heterocycles. The number of hydrogen-bond donors (Lipinski definition) is 1. The maximum atomic E-state index is 6.20. The molecule has 3 nitrogen and oxygen atoms in total. The van der Waals surface area contributed by atoms with E-state index < -0.39 is 0 Å². The van der Waals surface area contributed by atoms with Crippen molar-refractivity contribution < 1.29 is 0 Å². The topological polar surface area (TPSA) is 31.4 Å². The maximum absolute atomic E-state index is 6.20.